The van der Waals surface area contributed by atoms with Gasteiger partial charge in [-0.1, -0.05) is 18.9 Å². The van der Waals surface area contributed by atoms with Gasteiger partial charge in [0.15, 0.2) is 0 Å². The second kappa shape index (κ2) is 8.58. The van der Waals surface area contributed by atoms with E-state index in [1.807, 2.05) is 0 Å². The van der Waals surface area contributed by atoms with Crippen LogP contribution in [0.1, 0.15) is 46.4 Å². The zero-order chi connectivity index (χ0) is 19.2. The van der Waals surface area contributed by atoms with E-state index in [0.29, 0.717) is 28.3 Å². The SMILES string of the molecule is COc1ccc(OC)c(NC(=O)c2cccc(C(=O)NC3CCCC3)c2)c1. The molecule has 1 aliphatic rings. The van der Waals surface area contributed by atoms with Gasteiger partial charge in [-0.05, 0) is 43.2 Å². The summed E-state index contributed by atoms with van der Waals surface area (Å²) in [5.74, 6) is 0.669. The Kier molecular flexibility index (Phi) is 5.96. The molecule has 0 aromatic heterocycles. The van der Waals surface area contributed by atoms with E-state index in [4.69, 9.17) is 9.47 Å². The largest absolute Gasteiger partial charge is 0.497 e. The predicted octanol–water partition coefficient (Wildman–Crippen LogP) is 3.63. The quantitative estimate of drug-likeness (QED) is 0.816. The molecule has 2 amide bonds. The lowest BCUT2D eigenvalue weighted by Crippen LogP contribution is -2.32. The Bertz CT molecular complexity index is 829. The summed E-state index contributed by atoms with van der Waals surface area (Å²) in [4.78, 5) is 25.1. The molecule has 1 saturated carbocycles. The van der Waals surface area contributed by atoms with Crippen molar-refractivity contribution >= 4 is 17.5 Å². The molecule has 0 saturated heterocycles. The Morgan fingerprint density at radius 1 is 0.926 bits per heavy atom. The van der Waals surface area contributed by atoms with Crippen LogP contribution < -0.4 is 20.1 Å². The highest BCUT2D eigenvalue weighted by Crippen LogP contribution is 2.29. The average Bonchev–Trinajstić information content (AvgIpc) is 3.21. The molecule has 142 valence electrons. The molecule has 0 atom stereocenters. The minimum atomic E-state index is -0.322. The zero-order valence-corrected chi connectivity index (χ0v) is 15.6. The molecule has 1 aliphatic carbocycles. The van der Waals surface area contributed by atoms with E-state index < -0.39 is 0 Å². The zero-order valence-electron chi connectivity index (χ0n) is 15.6. The number of amides is 2. The first-order valence-corrected chi connectivity index (χ1v) is 9.05. The Balaban J connectivity index is 1.74. The van der Waals surface area contributed by atoms with Gasteiger partial charge in [0, 0.05) is 23.2 Å². The van der Waals surface area contributed by atoms with Gasteiger partial charge in [0.1, 0.15) is 11.5 Å². The summed E-state index contributed by atoms with van der Waals surface area (Å²) in [7, 11) is 3.09. The van der Waals surface area contributed by atoms with Crippen molar-refractivity contribution in [2.24, 2.45) is 0 Å². The third kappa shape index (κ3) is 4.58. The molecule has 2 aromatic rings. The number of hydrogen-bond donors (Lipinski definition) is 2. The van der Waals surface area contributed by atoms with Crippen molar-refractivity contribution in [3.05, 3.63) is 53.6 Å². The molecule has 0 heterocycles. The van der Waals surface area contributed by atoms with Crippen LogP contribution in [0.2, 0.25) is 0 Å². The Hall–Kier alpha value is -3.02. The first-order valence-electron chi connectivity index (χ1n) is 9.05. The standard InChI is InChI=1S/C21H24N2O4/c1-26-17-10-11-19(27-2)18(13-17)23-21(25)15-7-5-6-14(12-15)20(24)22-16-8-3-4-9-16/h5-7,10-13,16H,3-4,8-9H2,1-2H3,(H,22,24)(H,23,25). The molecular weight excluding hydrogens is 344 g/mol. The average molecular weight is 368 g/mol. The molecule has 2 N–H and O–H groups in total. The molecule has 6 heteroatoms. The molecular formula is C21H24N2O4. The van der Waals surface area contributed by atoms with E-state index >= 15 is 0 Å². The number of rotatable bonds is 6. The summed E-state index contributed by atoms with van der Waals surface area (Å²) < 4.78 is 10.5. The Morgan fingerprint density at radius 3 is 2.30 bits per heavy atom. The van der Waals surface area contributed by atoms with Crippen molar-refractivity contribution in [1.29, 1.82) is 0 Å². The van der Waals surface area contributed by atoms with Crippen LogP contribution in [-0.4, -0.2) is 32.1 Å². The first kappa shape index (κ1) is 18.8. The minimum absolute atomic E-state index is 0.143. The van der Waals surface area contributed by atoms with Crippen LogP contribution in [-0.2, 0) is 0 Å². The second-order valence-electron chi connectivity index (χ2n) is 6.56. The number of benzene rings is 2. The number of anilines is 1. The maximum Gasteiger partial charge on any atom is 0.255 e. The number of carbonyl (C=O) groups excluding carboxylic acids is 2. The molecule has 0 bridgehead atoms. The van der Waals surface area contributed by atoms with E-state index in [1.54, 1.807) is 49.6 Å². The van der Waals surface area contributed by atoms with Gasteiger partial charge in [-0.2, -0.15) is 0 Å². The molecule has 0 radical (unpaired) electrons. The second-order valence-corrected chi connectivity index (χ2v) is 6.56. The number of hydrogen-bond acceptors (Lipinski definition) is 4. The van der Waals surface area contributed by atoms with Crippen LogP contribution in [0.5, 0.6) is 11.5 Å². The predicted molar refractivity (Wildman–Crippen MR) is 104 cm³/mol. The molecule has 0 unspecified atom stereocenters. The van der Waals surface area contributed by atoms with Crippen molar-refractivity contribution in [2.75, 3.05) is 19.5 Å². The molecule has 1 fully saturated rings. The third-order valence-electron chi connectivity index (χ3n) is 4.73. The maximum atomic E-state index is 12.7. The number of carbonyl (C=O) groups is 2. The van der Waals surface area contributed by atoms with Crippen molar-refractivity contribution < 1.29 is 19.1 Å². The van der Waals surface area contributed by atoms with Gasteiger partial charge in [0.05, 0.1) is 19.9 Å². The lowest BCUT2D eigenvalue weighted by molar-refractivity contribution is 0.0938. The van der Waals surface area contributed by atoms with Crippen molar-refractivity contribution in [2.45, 2.75) is 31.7 Å². The summed E-state index contributed by atoms with van der Waals surface area (Å²) in [5.41, 5.74) is 1.38. The molecule has 27 heavy (non-hydrogen) atoms. The summed E-state index contributed by atoms with van der Waals surface area (Å²) in [6.07, 6.45) is 4.33. The van der Waals surface area contributed by atoms with Gasteiger partial charge in [-0.3, -0.25) is 9.59 Å². The summed E-state index contributed by atoms with van der Waals surface area (Å²) in [5, 5.41) is 5.85. The lowest BCUT2D eigenvalue weighted by atomic mass is 10.1. The van der Waals surface area contributed by atoms with Crippen LogP contribution in [0, 0.1) is 0 Å². The van der Waals surface area contributed by atoms with Crippen LogP contribution in [0.4, 0.5) is 5.69 Å². The van der Waals surface area contributed by atoms with Crippen molar-refractivity contribution in [3.63, 3.8) is 0 Å². The highest BCUT2D eigenvalue weighted by molar-refractivity contribution is 6.06. The van der Waals surface area contributed by atoms with Crippen LogP contribution in [0.15, 0.2) is 42.5 Å². The van der Waals surface area contributed by atoms with E-state index in [-0.39, 0.29) is 17.9 Å². The molecule has 0 spiro atoms. The molecule has 3 rings (SSSR count). The minimum Gasteiger partial charge on any atom is -0.497 e. The highest BCUT2D eigenvalue weighted by atomic mass is 16.5. The van der Waals surface area contributed by atoms with E-state index in [2.05, 4.69) is 10.6 Å². The van der Waals surface area contributed by atoms with Gasteiger partial charge in [0.2, 0.25) is 0 Å². The Morgan fingerprint density at radius 2 is 1.63 bits per heavy atom. The monoisotopic (exact) mass is 368 g/mol. The first-order chi connectivity index (χ1) is 13.1. The molecule has 0 aliphatic heterocycles. The Labute approximate surface area is 158 Å². The normalized spacial score (nSPS) is 13.9. The fourth-order valence-electron chi connectivity index (χ4n) is 3.25. The van der Waals surface area contributed by atoms with Crippen molar-refractivity contribution in [1.82, 2.24) is 5.32 Å². The summed E-state index contributed by atoms with van der Waals surface area (Å²) in [6.45, 7) is 0. The number of ether oxygens (including phenoxy) is 2. The lowest BCUT2D eigenvalue weighted by Gasteiger charge is -2.13. The summed E-state index contributed by atoms with van der Waals surface area (Å²) >= 11 is 0. The third-order valence-corrected chi connectivity index (χ3v) is 4.73. The van der Waals surface area contributed by atoms with E-state index in [9.17, 15) is 9.59 Å². The maximum absolute atomic E-state index is 12.7. The highest BCUT2D eigenvalue weighted by Gasteiger charge is 2.19. The van der Waals surface area contributed by atoms with Gasteiger partial charge >= 0.3 is 0 Å². The molecule has 2 aromatic carbocycles. The van der Waals surface area contributed by atoms with Crippen LogP contribution in [0.25, 0.3) is 0 Å². The van der Waals surface area contributed by atoms with E-state index in [1.165, 1.54) is 7.11 Å². The fraction of sp³-hybridized carbons (Fsp3) is 0.333. The van der Waals surface area contributed by atoms with Crippen LogP contribution >= 0.6 is 0 Å². The number of methoxy groups -OCH3 is 2. The topological polar surface area (TPSA) is 76.7 Å². The number of nitrogens with one attached hydrogen (secondary N) is 2. The van der Waals surface area contributed by atoms with Gasteiger partial charge in [0.25, 0.3) is 11.8 Å². The van der Waals surface area contributed by atoms with Gasteiger partial charge < -0.3 is 20.1 Å². The molecule has 6 nitrogen and oxygen atoms in total. The van der Waals surface area contributed by atoms with E-state index in [0.717, 1.165) is 25.7 Å². The van der Waals surface area contributed by atoms with Crippen LogP contribution in [0.3, 0.4) is 0 Å². The van der Waals surface area contributed by atoms with Gasteiger partial charge in [-0.25, -0.2) is 0 Å². The van der Waals surface area contributed by atoms with Gasteiger partial charge in [-0.15, -0.1) is 0 Å². The van der Waals surface area contributed by atoms with Crippen molar-refractivity contribution in [3.8, 4) is 11.5 Å². The summed E-state index contributed by atoms with van der Waals surface area (Å²) in [6, 6.07) is 12.1. The smallest absolute Gasteiger partial charge is 0.255 e. The fourth-order valence-corrected chi connectivity index (χ4v) is 3.25.